The number of amides is 1. The van der Waals surface area contributed by atoms with E-state index < -0.39 is 26.6 Å². The molecule has 0 radical (unpaired) electrons. The normalized spacial score (nSPS) is 18.9. The van der Waals surface area contributed by atoms with Gasteiger partial charge >= 0.3 is 0 Å². The van der Waals surface area contributed by atoms with E-state index in [9.17, 15) is 17.6 Å². The monoisotopic (exact) mass is 482 g/mol. The molecule has 1 amide bonds. The van der Waals surface area contributed by atoms with E-state index in [1.165, 1.54) is 10.4 Å². The van der Waals surface area contributed by atoms with E-state index in [1.807, 2.05) is 44.2 Å². The molecule has 178 valence electrons. The number of para-hydroxylation sites is 1. The first-order valence-corrected chi connectivity index (χ1v) is 12.6. The molecule has 1 fully saturated rings. The summed E-state index contributed by atoms with van der Waals surface area (Å²) >= 11 is 0. The highest BCUT2D eigenvalue weighted by molar-refractivity contribution is 7.89. The number of benzene rings is 3. The molecule has 0 spiro atoms. The van der Waals surface area contributed by atoms with Crippen LogP contribution in [0, 0.1) is 17.7 Å². The van der Waals surface area contributed by atoms with Crippen molar-refractivity contribution < 1.29 is 22.3 Å². The van der Waals surface area contributed by atoms with Gasteiger partial charge in [0.05, 0.1) is 0 Å². The lowest BCUT2D eigenvalue weighted by atomic mass is 9.94. The number of rotatable bonds is 6. The van der Waals surface area contributed by atoms with Crippen LogP contribution in [-0.2, 0) is 10.0 Å². The molecule has 34 heavy (non-hydrogen) atoms. The van der Waals surface area contributed by atoms with Gasteiger partial charge in [0.15, 0.2) is 0 Å². The topological polar surface area (TPSA) is 75.7 Å². The summed E-state index contributed by atoms with van der Waals surface area (Å²) in [5, 5.41) is 2.72. The van der Waals surface area contributed by atoms with Crippen LogP contribution in [0.1, 0.15) is 30.6 Å². The van der Waals surface area contributed by atoms with E-state index in [0.717, 1.165) is 18.6 Å². The molecule has 0 aromatic heterocycles. The van der Waals surface area contributed by atoms with Gasteiger partial charge in [-0.15, -0.1) is 0 Å². The second-order valence-electron chi connectivity index (χ2n) is 8.81. The summed E-state index contributed by atoms with van der Waals surface area (Å²) in [6, 6.07) is 19.5. The van der Waals surface area contributed by atoms with Crippen LogP contribution in [0.4, 0.5) is 10.1 Å². The molecule has 2 unspecified atom stereocenters. The number of nitrogens with one attached hydrogen (secondary N) is 1. The van der Waals surface area contributed by atoms with Gasteiger partial charge in [-0.05, 0) is 72.9 Å². The smallest absolute Gasteiger partial charge is 0.255 e. The Bertz CT molecular complexity index is 1250. The van der Waals surface area contributed by atoms with Crippen molar-refractivity contribution >= 4 is 21.6 Å². The van der Waals surface area contributed by atoms with Crippen LogP contribution in [0.3, 0.4) is 0 Å². The fourth-order valence-corrected chi connectivity index (χ4v) is 5.99. The highest BCUT2D eigenvalue weighted by atomic mass is 32.2. The van der Waals surface area contributed by atoms with Gasteiger partial charge in [-0.1, -0.05) is 32.0 Å². The lowest BCUT2D eigenvalue weighted by Crippen LogP contribution is -2.42. The van der Waals surface area contributed by atoms with Gasteiger partial charge in [-0.25, -0.2) is 12.8 Å². The molecule has 3 aromatic carbocycles. The molecule has 2 atom stereocenters. The van der Waals surface area contributed by atoms with E-state index in [2.05, 4.69) is 5.32 Å². The molecule has 8 heteroatoms. The molecule has 1 heterocycles. The number of ether oxygens (including phenoxy) is 1. The number of anilines is 1. The summed E-state index contributed by atoms with van der Waals surface area (Å²) in [4.78, 5) is 12.3. The second-order valence-corrected chi connectivity index (χ2v) is 10.7. The van der Waals surface area contributed by atoms with Crippen LogP contribution in [0.25, 0.3) is 0 Å². The molecule has 1 N–H and O–H groups in total. The molecule has 1 aliphatic heterocycles. The molecule has 0 saturated carbocycles. The molecule has 0 aliphatic carbocycles. The number of carbonyl (C=O) groups excluding carboxylic acids is 1. The number of nitrogens with zero attached hydrogens (tertiary/aromatic N) is 1. The number of hydrogen-bond donors (Lipinski definition) is 1. The summed E-state index contributed by atoms with van der Waals surface area (Å²) in [6.07, 6.45) is 0.923. The molecule has 4 rings (SSSR count). The predicted octanol–water partition coefficient (Wildman–Crippen LogP) is 5.54. The van der Waals surface area contributed by atoms with Crippen LogP contribution in [0.15, 0.2) is 77.7 Å². The van der Waals surface area contributed by atoms with Crippen molar-refractivity contribution in [2.45, 2.75) is 25.2 Å². The Labute approximate surface area is 199 Å². The van der Waals surface area contributed by atoms with Gasteiger partial charge in [0, 0.05) is 24.3 Å². The average molecular weight is 483 g/mol. The van der Waals surface area contributed by atoms with Crippen LogP contribution in [-0.4, -0.2) is 31.7 Å². The van der Waals surface area contributed by atoms with Crippen molar-refractivity contribution in [1.82, 2.24) is 4.31 Å². The van der Waals surface area contributed by atoms with Crippen molar-refractivity contribution in [1.29, 1.82) is 0 Å². The predicted molar refractivity (Wildman–Crippen MR) is 129 cm³/mol. The molecule has 3 aromatic rings. The minimum Gasteiger partial charge on any atom is -0.457 e. The molecule has 6 nitrogen and oxygen atoms in total. The summed E-state index contributed by atoms with van der Waals surface area (Å²) in [5.74, 6) is 0.253. The number of piperidine rings is 1. The standard InChI is InChI=1S/C26H27FN2O4S/c1-18-14-19(2)17-29(16-18)34(31,32)25-15-20(8-13-24(25)27)26(30)28-21-9-11-23(12-10-21)33-22-6-4-3-5-7-22/h3-13,15,18-19H,14,16-17H2,1-2H3,(H,28,30). The Morgan fingerprint density at radius 2 is 1.56 bits per heavy atom. The number of hydrogen-bond acceptors (Lipinski definition) is 4. The summed E-state index contributed by atoms with van der Waals surface area (Å²) in [6.45, 7) is 4.63. The van der Waals surface area contributed by atoms with Crippen LogP contribution < -0.4 is 10.1 Å². The third-order valence-corrected chi connectivity index (χ3v) is 7.58. The Balaban J connectivity index is 1.49. The fraction of sp³-hybridized carbons (Fsp3) is 0.269. The first-order chi connectivity index (χ1) is 16.2. The highest BCUT2D eigenvalue weighted by Crippen LogP contribution is 2.29. The molecular weight excluding hydrogens is 455 g/mol. The van der Waals surface area contributed by atoms with Crippen LogP contribution in [0.2, 0.25) is 0 Å². The maximum absolute atomic E-state index is 14.6. The van der Waals surface area contributed by atoms with Gasteiger partial charge in [0.25, 0.3) is 5.91 Å². The lowest BCUT2D eigenvalue weighted by molar-refractivity contribution is 0.102. The minimum absolute atomic E-state index is 0.0580. The third kappa shape index (κ3) is 5.46. The maximum Gasteiger partial charge on any atom is 0.255 e. The van der Waals surface area contributed by atoms with Crippen molar-refractivity contribution in [2.24, 2.45) is 11.8 Å². The van der Waals surface area contributed by atoms with Gasteiger partial charge in [0.1, 0.15) is 22.2 Å². The number of sulfonamides is 1. The zero-order valence-electron chi connectivity index (χ0n) is 19.1. The average Bonchev–Trinajstić information content (AvgIpc) is 2.80. The Hall–Kier alpha value is -3.23. The Kier molecular flexibility index (Phi) is 7.00. The highest BCUT2D eigenvalue weighted by Gasteiger charge is 2.33. The lowest BCUT2D eigenvalue weighted by Gasteiger charge is -2.34. The van der Waals surface area contributed by atoms with Crippen molar-refractivity contribution in [3.8, 4) is 11.5 Å². The summed E-state index contributed by atoms with van der Waals surface area (Å²) < 4.78 is 48.0. The van der Waals surface area contributed by atoms with Crippen LogP contribution in [0.5, 0.6) is 11.5 Å². The maximum atomic E-state index is 14.6. The largest absolute Gasteiger partial charge is 0.457 e. The van der Waals surface area contributed by atoms with E-state index in [-0.39, 0.29) is 17.4 Å². The van der Waals surface area contributed by atoms with Gasteiger partial charge in [-0.2, -0.15) is 4.31 Å². The van der Waals surface area contributed by atoms with Crippen molar-refractivity contribution in [2.75, 3.05) is 18.4 Å². The number of carbonyl (C=O) groups is 1. The Morgan fingerprint density at radius 3 is 2.21 bits per heavy atom. The molecule has 0 bridgehead atoms. The molecule has 1 aliphatic rings. The first kappa shape index (κ1) is 23.9. The van der Waals surface area contributed by atoms with E-state index in [1.54, 1.807) is 24.3 Å². The van der Waals surface area contributed by atoms with Gasteiger partial charge in [0.2, 0.25) is 10.0 Å². The molecule has 1 saturated heterocycles. The van der Waals surface area contributed by atoms with Crippen molar-refractivity contribution in [3.63, 3.8) is 0 Å². The Morgan fingerprint density at radius 1 is 0.941 bits per heavy atom. The molecular formula is C26H27FN2O4S. The van der Waals surface area contributed by atoms with Gasteiger partial charge in [-0.3, -0.25) is 4.79 Å². The van der Waals surface area contributed by atoms with E-state index in [0.29, 0.717) is 30.3 Å². The van der Waals surface area contributed by atoms with E-state index >= 15 is 0 Å². The first-order valence-electron chi connectivity index (χ1n) is 11.2. The minimum atomic E-state index is -4.06. The zero-order chi connectivity index (χ0) is 24.3. The quantitative estimate of drug-likeness (QED) is 0.501. The second kappa shape index (κ2) is 9.95. The zero-order valence-corrected chi connectivity index (χ0v) is 19.9. The summed E-state index contributed by atoms with van der Waals surface area (Å²) in [7, 11) is -4.06. The van der Waals surface area contributed by atoms with Gasteiger partial charge < -0.3 is 10.1 Å². The third-order valence-electron chi connectivity index (χ3n) is 5.74. The fourth-order valence-electron chi connectivity index (χ4n) is 4.22. The van der Waals surface area contributed by atoms with E-state index in [4.69, 9.17) is 4.74 Å². The van der Waals surface area contributed by atoms with Crippen LogP contribution >= 0.6 is 0 Å². The summed E-state index contributed by atoms with van der Waals surface area (Å²) in [5.41, 5.74) is 0.556. The van der Waals surface area contributed by atoms with Crippen molar-refractivity contribution in [3.05, 3.63) is 84.2 Å². The number of halogens is 1. The SMILES string of the molecule is CC1CC(C)CN(S(=O)(=O)c2cc(C(=O)Nc3ccc(Oc4ccccc4)cc3)ccc2F)C1.